The summed E-state index contributed by atoms with van der Waals surface area (Å²) in [5, 5.41) is 11.6. The van der Waals surface area contributed by atoms with Crippen molar-refractivity contribution in [1.82, 2.24) is 4.90 Å². The zero-order chi connectivity index (χ0) is 15.6. The Morgan fingerprint density at radius 1 is 1.48 bits per heavy atom. The minimum absolute atomic E-state index is 0.00205. The number of nitrogens with zero attached hydrogens (tertiary/aromatic N) is 1. The van der Waals surface area contributed by atoms with Crippen LogP contribution in [-0.2, 0) is 6.18 Å². The molecule has 1 aromatic rings. The van der Waals surface area contributed by atoms with Gasteiger partial charge in [-0.3, -0.25) is 4.79 Å². The molecule has 1 atom stereocenters. The first-order valence-electron chi connectivity index (χ1n) is 6.66. The van der Waals surface area contributed by atoms with Crippen LogP contribution in [0.5, 0.6) is 0 Å². The molecule has 1 amide bonds. The van der Waals surface area contributed by atoms with Crippen LogP contribution in [0, 0.1) is 5.92 Å². The topological polar surface area (TPSA) is 52.6 Å². The molecule has 1 aliphatic rings. The number of hydrogen-bond acceptors (Lipinski definition) is 3. The van der Waals surface area contributed by atoms with E-state index >= 15 is 0 Å². The minimum atomic E-state index is -4.52. The van der Waals surface area contributed by atoms with Gasteiger partial charge < -0.3 is 15.3 Å². The van der Waals surface area contributed by atoms with Gasteiger partial charge in [0.25, 0.3) is 5.91 Å². The van der Waals surface area contributed by atoms with Gasteiger partial charge in [0.05, 0.1) is 16.8 Å². The van der Waals surface area contributed by atoms with E-state index in [9.17, 15) is 18.0 Å². The maximum Gasteiger partial charge on any atom is 0.418 e. The predicted octanol–water partition coefficient (Wildman–Crippen LogP) is 2.20. The van der Waals surface area contributed by atoms with Gasteiger partial charge in [0.1, 0.15) is 0 Å². The first kappa shape index (κ1) is 15.6. The number of carbonyl (C=O) groups excluding carboxylic acids is 1. The van der Waals surface area contributed by atoms with Crippen LogP contribution in [-0.4, -0.2) is 42.7 Å². The molecule has 21 heavy (non-hydrogen) atoms. The highest BCUT2D eigenvalue weighted by atomic mass is 19.4. The Hall–Kier alpha value is -1.76. The van der Waals surface area contributed by atoms with Crippen molar-refractivity contribution < 1.29 is 23.1 Å². The smallest absolute Gasteiger partial charge is 0.396 e. The molecule has 0 radical (unpaired) electrons. The minimum Gasteiger partial charge on any atom is -0.396 e. The number of nitrogens with one attached hydrogen (secondary N) is 1. The van der Waals surface area contributed by atoms with Gasteiger partial charge in [0.2, 0.25) is 0 Å². The van der Waals surface area contributed by atoms with Gasteiger partial charge in [-0.2, -0.15) is 13.2 Å². The summed E-state index contributed by atoms with van der Waals surface area (Å²) in [6, 6.07) is 3.56. The fraction of sp³-hybridized carbons (Fsp3) is 0.500. The Balaban J connectivity index is 2.34. The third-order valence-electron chi connectivity index (χ3n) is 3.68. The second-order valence-corrected chi connectivity index (χ2v) is 5.06. The summed E-state index contributed by atoms with van der Waals surface area (Å²) < 4.78 is 38.9. The average Bonchev–Trinajstić information content (AvgIpc) is 2.93. The number of anilines is 1. The van der Waals surface area contributed by atoms with E-state index in [-0.39, 0.29) is 23.8 Å². The maximum absolute atomic E-state index is 13.0. The van der Waals surface area contributed by atoms with Crippen molar-refractivity contribution in [2.45, 2.75) is 12.6 Å². The molecule has 1 fully saturated rings. The lowest BCUT2D eigenvalue weighted by molar-refractivity contribution is -0.136. The maximum atomic E-state index is 13.0. The van der Waals surface area contributed by atoms with Gasteiger partial charge >= 0.3 is 6.18 Å². The summed E-state index contributed by atoms with van der Waals surface area (Å²) in [4.78, 5) is 13.9. The van der Waals surface area contributed by atoms with Crippen LogP contribution >= 0.6 is 0 Å². The summed E-state index contributed by atoms with van der Waals surface area (Å²) in [7, 11) is 1.36. The normalized spacial score (nSPS) is 18.9. The van der Waals surface area contributed by atoms with Gasteiger partial charge in [0, 0.05) is 32.7 Å². The Kier molecular flexibility index (Phi) is 4.41. The SMILES string of the molecule is CNc1c(C(=O)N2CCC(CO)C2)cccc1C(F)(F)F. The molecule has 1 aliphatic heterocycles. The third-order valence-corrected chi connectivity index (χ3v) is 3.68. The number of carbonyl (C=O) groups is 1. The molecule has 1 saturated heterocycles. The Bertz CT molecular complexity index is 531. The number of alkyl halides is 3. The van der Waals surface area contributed by atoms with Crippen LogP contribution < -0.4 is 5.32 Å². The van der Waals surface area contributed by atoms with Crippen molar-refractivity contribution in [3.8, 4) is 0 Å². The van der Waals surface area contributed by atoms with E-state index in [0.717, 1.165) is 6.07 Å². The molecular formula is C14H17F3N2O2. The van der Waals surface area contributed by atoms with E-state index < -0.39 is 17.6 Å². The fourth-order valence-corrected chi connectivity index (χ4v) is 2.57. The molecule has 7 heteroatoms. The molecule has 0 bridgehead atoms. The number of benzene rings is 1. The van der Waals surface area contributed by atoms with Crippen molar-refractivity contribution in [2.75, 3.05) is 32.1 Å². The van der Waals surface area contributed by atoms with Gasteiger partial charge in [0.15, 0.2) is 0 Å². The van der Waals surface area contributed by atoms with Crippen molar-refractivity contribution >= 4 is 11.6 Å². The lowest BCUT2D eigenvalue weighted by Crippen LogP contribution is -2.30. The van der Waals surface area contributed by atoms with Crippen LogP contribution in [0.25, 0.3) is 0 Å². The molecule has 116 valence electrons. The molecule has 2 N–H and O–H groups in total. The van der Waals surface area contributed by atoms with Crippen molar-refractivity contribution in [3.05, 3.63) is 29.3 Å². The molecule has 0 spiro atoms. The lowest BCUT2D eigenvalue weighted by Gasteiger charge is -2.20. The first-order chi connectivity index (χ1) is 9.88. The molecule has 0 saturated carbocycles. The van der Waals surface area contributed by atoms with Crippen LogP contribution in [0.1, 0.15) is 22.3 Å². The first-order valence-corrected chi connectivity index (χ1v) is 6.66. The zero-order valence-corrected chi connectivity index (χ0v) is 11.6. The Labute approximate surface area is 120 Å². The number of aliphatic hydroxyl groups excluding tert-OH is 1. The van der Waals surface area contributed by atoms with Crippen molar-refractivity contribution in [3.63, 3.8) is 0 Å². The molecular weight excluding hydrogens is 285 g/mol. The predicted molar refractivity (Wildman–Crippen MR) is 72.1 cm³/mol. The highest BCUT2D eigenvalue weighted by Gasteiger charge is 2.36. The van der Waals surface area contributed by atoms with Crippen LogP contribution in [0.4, 0.5) is 18.9 Å². The quantitative estimate of drug-likeness (QED) is 0.900. The number of hydrogen-bond donors (Lipinski definition) is 2. The number of aliphatic hydroxyl groups is 1. The molecule has 1 aromatic carbocycles. The average molecular weight is 302 g/mol. The third kappa shape index (κ3) is 3.12. The van der Waals surface area contributed by atoms with E-state index in [1.807, 2.05) is 0 Å². The van der Waals surface area contributed by atoms with E-state index in [1.165, 1.54) is 24.1 Å². The van der Waals surface area contributed by atoms with Gasteiger partial charge in [-0.25, -0.2) is 0 Å². The second kappa shape index (κ2) is 5.93. The largest absolute Gasteiger partial charge is 0.418 e. The molecule has 0 aromatic heterocycles. The fourth-order valence-electron chi connectivity index (χ4n) is 2.57. The second-order valence-electron chi connectivity index (χ2n) is 5.06. The number of likely N-dealkylation sites (tertiary alicyclic amines) is 1. The summed E-state index contributed by atoms with van der Waals surface area (Å²) in [5.74, 6) is -0.445. The molecule has 2 rings (SSSR count). The van der Waals surface area contributed by atoms with E-state index in [1.54, 1.807) is 0 Å². The Morgan fingerprint density at radius 3 is 2.71 bits per heavy atom. The monoisotopic (exact) mass is 302 g/mol. The van der Waals surface area contributed by atoms with Gasteiger partial charge in [-0.15, -0.1) is 0 Å². The number of halogens is 3. The molecule has 0 aliphatic carbocycles. The standard InChI is InChI=1S/C14H17F3N2O2/c1-18-12-10(3-2-4-11(12)14(15,16)17)13(21)19-6-5-9(7-19)8-20/h2-4,9,18,20H,5-8H2,1H3. The molecule has 1 unspecified atom stereocenters. The van der Waals surface area contributed by atoms with E-state index in [4.69, 9.17) is 5.11 Å². The van der Waals surface area contributed by atoms with Crippen LogP contribution in [0.2, 0.25) is 0 Å². The Morgan fingerprint density at radius 2 is 2.19 bits per heavy atom. The van der Waals surface area contributed by atoms with Crippen molar-refractivity contribution in [1.29, 1.82) is 0 Å². The summed E-state index contributed by atoms with van der Waals surface area (Å²) >= 11 is 0. The summed E-state index contributed by atoms with van der Waals surface area (Å²) in [6.45, 7) is 0.795. The lowest BCUT2D eigenvalue weighted by atomic mass is 10.1. The van der Waals surface area contributed by atoms with E-state index in [0.29, 0.717) is 19.5 Å². The highest BCUT2D eigenvalue weighted by molar-refractivity contribution is 6.00. The molecule has 1 heterocycles. The molecule has 4 nitrogen and oxygen atoms in total. The van der Waals surface area contributed by atoms with Gasteiger partial charge in [-0.05, 0) is 18.6 Å². The highest BCUT2D eigenvalue weighted by Crippen LogP contribution is 2.37. The summed E-state index contributed by atoms with van der Waals surface area (Å²) in [5.41, 5.74) is -1.05. The number of rotatable bonds is 3. The van der Waals surface area contributed by atoms with E-state index in [2.05, 4.69) is 5.32 Å². The summed E-state index contributed by atoms with van der Waals surface area (Å²) in [6.07, 6.45) is -3.86. The number of para-hydroxylation sites is 1. The number of amides is 1. The van der Waals surface area contributed by atoms with Crippen molar-refractivity contribution in [2.24, 2.45) is 5.92 Å². The van der Waals surface area contributed by atoms with Crippen LogP contribution in [0.3, 0.4) is 0 Å². The van der Waals surface area contributed by atoms with Crippen LogP contribution in [0.15, 0.2) is 18.2 Å². The zero-order valence-electron chi connectivity index (χ0n) is 11.6. The van der Waals surface area contributed by atoms with Gasteiger partial charge in [-0.1, -0.05) is 6.07 Å².